The number of hydrogen-bond acceptors (Lipinski definition) is 11. The van der Waals surface area contributed by atoms with Crippen LogP contribution in [-0.2, 0) is 52.7 Å². The van der Waals surface area contributed by atoms with E-state index >= 15 is 4.79 Å². The van der Waals surface area contributed by atoms with Crippen molar-refractivity contribution < 1.29 is 70.3 Å². The number of rotatable bonds is 10. The van der Waals surface area contributed by atoms with Gasteiger partial charge in [-0.15, -0.1) is 11.6 Å². The molecule has 0 aromatic carbocycles. The predicted octanol–water partition coefficient (Wildman–Crippen LogP) is 5.17. The van der Waals surface area contributed by atoms with Crippen LogP contribution in [0.15, 0.2) is 0 Å². The Morgan fingerprint density at radius 3 is 1.80 bits per heavy atom. The second kappa shape index (κ2) is 33.3. The summed E-state index contributed by atoms with van der Waals surface area (Å²) in [6, 6.07) is -7.84. The number of likely N-dealkylation sites (N-methyl/N-ethyl adjacent to an activating group) is 6. The van der Waals surface area contributed by atoms with Gasteiger partial charge >= 0.3 is 6.18 Å². The lowest BCUT2D eigenvalue weighted by Crippen LogP contribution is -2.64. The van der Waals surface area contributed by atoms with E-state index in [0.29, 0.717) is 38.5 Å². The topological polar surface area (TPSA) is 259 Å². The van der Waals surface area contributed by atoms with Gasteiger partial charge in [0.2, 0.25) is 65.0 Å². The molecule has 0 aromatic heterocycles. The van der Waals surface area contributed by atoms with Crippen molar-refractivity contribution in [1.82, 2.24) is 55.6 Å². The highest BCUT2D eigenvalue weighted by Crippen LogP contribution is 2.44. The second-order valence-electron chi connectivity index (χ2n) is 27.8. The standard InChI is InChI=1S/C64H104ClF4N11O11/c1-14-39(6)54-61(90)76(10)35-52(83)74(8)36-53(84)78(12)49(33-42-19-23-43(66)24-20-42)60(89)75(9)34-50(81)71-46(26-22-41-21-25-44(45(65)32-41)64(67,68)69)59(88)80-29-17-18-47(80)57(86)73-63(27-15-16-28-63)62(91)79(13)55(38(4)5)58(87)70-40(7)31-51(82)77(11)48(30-37(2)3)56(85)72-54/h37-49,54-55H,14-36H2,1-13H3,(H,70,87)(H,71,81)(H,72,85)(H,73,86)/t39-,40+,41?,42?,43?,44?,45?,46-,47-,48-,49-,54-,55-/m0/s1. The van der Waals surface area contributed by atoms with E-state index < -0.39 is 168 Å². The molecule has 91 heavy (non-hydrogen) atoms. The summed E-state index contributed by atoms with van der Waals surface area (Å²) in [5.41, 5.74) is -1.49. The Kier molecular flexibility index (Phi) is 27.8. The summed E-state index contributed by atoms with van der Waals surface area (Å²) in [6.45, 7) is 10.8. The van der Waals surface area contributed by atoms with Crippen LogP contribution in [0.3, 0.4) is 0 Å². The first-order valence-corrected chi connectivity index (χ1v) is 33.4. The minimum Gasteiger partial charge on any atom is -0.351 e. The fraction of sp³-hybridized carbons (Fsp3) is 0.828. The van der Waals surface area contributed by atoms with Gasteiger partial charge < -0.3 is 55.6 Å². The number of nitrogens with one attached hydrogen (secondary N) is 4. The quantitative estimate of drug-likeness (QED) is 0.164. The van der Waals surface area contributed by atoms with E-state index in [1.807, 2.05) is 20.8 Å². The summed E-state index contributed by atoms with van der Waals surface area (Å²) in [6.07, 6.45) is -1.76. The minimum atomic E-state index is -4.51. The predicted molar refractivity (Wildman–Crippen MR) is 334 cm³/mol. The lowest BCUT2D eigenvalue weighted by Gasteiger charge is -2.39. The number of amides is 11. The number of hydrogen-bond donors (Lipinski definition) is 4. The maximum Gasteiger partial charge on any atom is 0.393 e. The number of fused-ring (bicyclic) bond motifs is 1. The van der Waals surface area contributed by atoms with Gasteiger partial charge in [0.15, 0.2) is 0 Å². The van der Waals surface area contributed by atoms with Crippen molar-refractivity contribution in [3.63, 3.8) is 0 Å². The molecule has 3 aliphatic carbocycles. The van der Waals surface area contributed by atoms with E-state index in [1.165, 1.54) is 61.9 Å². The molecule has 2 heterocycles. The SMILES string of the molecule is CC[C@H](C)[C@@H]1NC(=O)[C@H](CC(C)C)N(C)C(=O)C[C@@H](C)NC(=O)[C@H](C(C)C)N(C)C(=O)C2(CCCC2)NC(=O)[C@@H]2CCCN2C(=O)[C@H](CCC2CCC(C(F)(F)F)C(Cl)C2)NC(=O)CN(C)C(=O)[C@H](CC2CCC(F)CC2)N(C)C(=O)CN(C)C(=O)CN(C)C1=O. The lowest BCUT2D eigenvalue weighted by molar-refractivity contribution is -0.182. The first-order valence-electron chi connectivity index (χ1n) is 32.9. The zero-order valence-corrected chi connectivity index (χ0v) is 56.7. The van der Waals surface area contributed by atoms with Crippen LogP contribution in [0.4, 0.5) is 17.6 Å². The molecule has 11 atom stereocenters. The van der Waals surface area contributed by atoms with Crippen LogP contribution in [-0.4, -0.2) is 233 Å². The number of halogens is 5. The van der Waals surface area contributed by atoms with E-state index in [2.05, 4.69) is 21.3 Å². The molecule has 1 spiro atoms. The van der Waals surface area contributed by atoms with Gasteiger partial charge in [-0.2, -0.15) is 13.2 Å². The first-order chi connectivity index (χ1) is 42.5. The summed E-state index contributed by atoms with van der Waals surface area (Å²) >= 11 is 6.35. The van der Waals surface area contributed by atoms with Crippen molar-refractivity contribution in [2.24, 2.45) is 35.5 Å². The number of carbonyl (C=O) groups excluding carboxylic acids is 11. The molecule has 3 unspecified atom stereocenters. The average molecular weight is 1320 g/mol. The van der Waals surface area contributed by atoms with Gasteiger partial charge in [-0.25, -0.2) is 4.39 Å². The Morgan fingerprint density at radius 1 is 0.626 bits per heavy atom. The van der Waals surface area contributed by atoms with Gasteiger partial charge in [-0.05, 0) is 133 Å². The van der Waals surface area contributed by atoms with Crippen LogP contribution < -0.4 is 21.3 Å². The molecule has 2 saturated heterocycles. The molecule has 3 saturated carbocycles. The fourth-order valence-electron chi connectivity index (χ4n) is 14.0. The number of alkyl halides is 5. The fourth-order valence-corrected chi connectivity index (χ4v) is 14.5. The van der Waals surface area contributed by atoms with Gasteiger partial charge in [-0.3, -0.25) is 52.7 Å². The molecule has 5 aliphatic rings. The summed E-state index contributed by atoms with van der Waals surface area (Å²) < 4.78 is 56.2. The smallest absolute Gasteiger partial charge is 0.351 e. The summed E-state index contributed by atoms with van der Waals surface area (Å²) in [4.78, 5) is 168. The van der Waals surface area contributed by atoms with E-state index in [-0.39, 0.29) is 108 Å². The monoisotopic (exact) mass is 1310 g/mol. The highest BCUT2D eigenvalue weighted by Gasteiger charge is 2.51. The molecule has 22 nitrogen and oxygen atoms in total. The van der Waals surface area contributed by atoms with Gasteiger partial charge in [0.1, 0.15) is 48.0 Å². The van der Waals surface area contributed by atoms with Crippen molar-refractivity contribution in [3.05, 3.63) is 0 Å². The van der Waals surface area contributed by atoms with Gasteiger partial charge in [0.25, 0.3) is 0 Å². The molecular weight excluding hydrogens is 1210 g/mol. The Bertz CT molecular complexity index is 2590. The van der Waals surface area contributed by atoms with Crippen molar-refractivity contribution in [1.29, 1.82) is 0 Å². The van der Waals surface area contributed by atoms with Crippen LogP contribution >= 0.6 is 11.6 Å². The maximum atomic E-state index is 15.0. The van der Waals surface area contributed by atoms with Crippen molar-refractivity contribution >= 4 is 76.6 Å². The zero-order chi connectivity index (χ0) is 68.1. The Labute approximate surface area is 540 Å². The van der Waals surface area contributed by atoms with Crippen LogP contribution in [0.25, 0.3) is 0 Å². The van der Waals surface area contributed by atoms with E-state index in [9.17, 15) is 65.5 Å². The van der Waals surface area contributed by atoms with E-state index in [4.69, 9.17) is 11.6 Å². The molecular formula is C64H104ClF4N11O11. The van der Waals surface area contributed by atoms with Gasteiger partial charge in [0.05, 0.1) is 25.6 Å². The summed E-state index contributed by atoms with van der Waals surface area (Å²) in [7, 11) is 8.40. The second-order valence-corrected chi connectivity index (χ2v) is 28.3. The normalized spacial score (nSPS) is 31.1. The molecule has 4 N–H and O–H groups in total. The molecule has 27 heteroatoms. The number of nitrogens with zero attached hydrogens (tertiary/aromatic N) is 7. The third-order valence-electron chi connectivity index (χ3n) is 19.8. The summed E-state index contributed by atoms with van der Waals surface area (Å²) in [5.74, 6) is -10.3. The summed E-state index contributed by atoms with van der Waals surface area (Å²) in [5, 5.41) is 10.3. The average Bonchev–Trinajstić information content (AvgIpc) is 1.75. The highest BCUT2D eigenvalue weighted by molar-refractivity contribution is 6.20. The van der Waals surface area contributed by atoms with E-state index in [0.717, 1.165) is 14.7 Å². The Morgan fingerprint density at radius 2 is 1.22 bits per heavy atom. The maximum absolute atomic E-state index is 15.0. The third kappa shape index (κ3) is 20.1. The van der Waals surface area contributed by atoms with Crippen LogP contribution in [0.2, 0.25) is 0 Å². The molecule has 0 radical (unpaired) electrons. The van der Waals surface area contributed by atoms with Gasteiger partial charge in [0, 0.05) is 66.7 Å². The lowest BCUT2D eigenvalue weighted by atomic mass is 9.78. The zero-order valence-electron chi connectivity index (χ0n) is 55.9. The molecule has 5 fully saturated rings. The molecule has 5 rings (SSSR count). The van der Waals surface area contributed by atoms with E-state index in [1.54, 1.807) is 27.7 Å². The van der Waals surface area contributed by atoms with Gasteiger partial charge in [-0.1, -0.05) is 60.8 Å². The molecule has 0 bridgehead atoms. The number of carbonyl (C=O) groups is 11. The van der Waals surface area contributed by atoms with Crippen LogP contribution in [0, 0.1) is 35.5 Å². The highest BCUT2D eigenvalue weighted by atomic mass is 35.5. The van der Waals surface area contributed by atoms with Crippen LogP contribution in [0.5, 0.6) is 0 Å². The Balaban J connectivity index is 1.53. The van der Waals surface area contributed by atoms with Crippen molar-refractivity contribution in [3.8, 4) is 0 Å². The van der Waals surface area contributed by atoms with Crippen molar-refractivity contribution in [2.45, 2.75) is 236 Å². The molecule has 516 valence electrons. The largest absolute Gasteiger partial charge is 0.393 e. The molecule has 2 aliphatic heterocycles. The van der Waals surface area contributed by atoms with Crippen molar-refractivity contribution in [2.75, 3.05) is 68.5 Å². The Hall–Kier alpha value is -5.82. The van der Waals surface area contributed by atoms with Crippen LogP contribution in [0.1, 0.15) is 170 Å². The first kappa shape index (κ1) is 75.9. The molecule has 11 amide bonds. The third-order valence-corrected chi connectivity index (χ3v) is 20.3. The minimum absolute atomic E-state index is 0.00726. The molecule has 0 aromatic rings.